The van der Waals surface area contributed by atoms with Gasteiger partial charge in [0.15, 0.2) is 5.17 Å². The lowest BCUT2D eigenvalue weighted by Gasteiger charge is -2.40. The van der Waals surface area contributed by atoms with Crippen LogP contribution in [0.1, 0.15) is 61.3 Å². The summed E-state index contributed by atoms with van der Waals surface area (Å²) in [7, 11) is 0. The van der Waals surface area contributed by atoms with Crippen LogP contribution in [0.5, 0.6) is 0 Å². The number of fused-ring (bicyclic) bond motifs is 2. The van der Waals surface area contributed by atoms with Crippen LogP contribution in [0, 0.1) is 16.7 Å². The average molecular weight is 311 g/mol. The van der Waals surface area contributed by atoms with Gasteiger partial charge in [0.25, 0.3) is 0 Å². The predicted octanol–water partition coefficient (Wildman–Crippen LogP) is 4.18. The molecule has 1 heterocycles. The van der Waals surface area contributed by atoms with Gasteiger partial charge in [-0.15, -0.1) is 0 Å². The molecule has 21 heavy (non-hydrogen) atoms. The maximum atomic E-state index is 11.0. The quantitative estimate of drug-likeness (QED) is 0.445. The van der Waals surface area contributed by atoms with Crippen molar-refractivity contribution in [3.8, 4) is 0 Å². The van der Waals surface area contributed by atoms with E-state index in [2.05, 4.69) is 58.4 Å². The first-order valence-corrected chi connectivity index (χ1v) is 9.01. The van der Waals surface area contributed by atoms with Crippen LogP contribution in [0.2, 0.25) is 0 Å². The molecule has 120 valence electrons. The Balaban J connectivity index is 2.31. The molecule has 4 atom stereocenters. The van der Waals surface area contributed by atoms with Crippen molar-refractivity contribution in [1.29, 1.82) is 0 Å². The summed E-state index contributed by atoms with van der Waals surface area (Å²) in [4.78, 5) is 17.7. The van der Waals surface area contributed by atoms with Crippen molar-refractivity contribution in [2.45, 2.75) is 78.6 Å². The normalized spacial score (nSPS) is 36.4. The van der Waals surface area contributed by atoms with Crippen LogP contribution in [-0.4, -0.2) is 33.8 Å². The van der Waals surface area contributed by atoms with Gasteiger partial charge in [-0.1, -0.05) is 53.3 Å². The zero-order valence-electron chi connectivity index (χ0n) is 14.5. The third-order valence-electron chi connectivity index (χ3n) is 6.53. The summed E-state index contributed by atoms with van der Waals surface area (Å²) in [6.07, 6.45) is 3.20. The summed E-state index contributed by atoms with van der Waals surface area (Å²) in [5.74, 6) is 0.575. The molecular weight excluding hydrogens is 280 g/mol. The Hall–Kier alpha value is -0.510. The van der Waals surface area contributed by atoms with Gasteiger partial charge in [-0.05, 0) is 36.5 Å². The maximum Gasteiger partial charge on any atom is 0.235 e. The van der Waals surface area contributed by atoms with Gasteiger partial charge < -0.3 is 4.90 Å². The first-order valence-electron chi connectivity index (χ1n) is 8.13. The molecule has 1 unspecified atom stereocenters. The van der Waals surface area contributed by atoms with E-state index in [1.54, 1.807) is 11.8 Å². The lowest BCUT2D eigenvalue weighted by molar-refractivity contribution is -0.106. The number of aliphatic imine (C=N–C) groups is 1. The number of hydrogen-bond donors (Lipinski definition) is 0. The molecule has 2 bridgehead atoms. The zero-order chi connectivity index (χ0) is 16.0. The van der Waals surface area contributed by atoms with Gasteiger partial charge in [0.05, 0.1) is 0 Å². The van der Waals surface area contributed by atoms with Crippen molar-refractivity contribution in [3.63, 3.8) is 0 Å². The summed E-state index contributed by atoms with van der Waals surface area (Å²) in [6.45, 7) is 16.2. The Labute approximate surface area is 134 Å². The van der Waals surface area contributed by atoms with E-state index in [4.69, 9.17) is 0 Å². The minimum atomic E-state index is 0.275. The number of carbonyl (C=O) groups is 1. The Morgan fingerprint density at radius 3 is 2.38 bits per heavy atom. The van der Waals surface area contributed by atoms with E-state index >= 15 is 0 Å². The Morgan fingerprint density at radius 2 is 1.95 bits per heavy atom. The van der Waals surface area contributed by atoms with Gasteiger partial charge in [0.1, 0.15) is 0 Å². The highest BCUT2D eigenvalue weighted by Crippen LogP contribution is 2.63. The fraction of sp³-hybridized carbons (Fsp3) is 0.882. The highest BCUT2D eigenvalue weighted by molar-refractivity contribution is 8.14. The fourth-order valence-electron chi connectivity index (χ4n) is 4.12. The van der Waals surface area contributed by atoms with E-state index in [0.717, 1.165) is 5.17 Å². The van der Waals surface area contributed by atoms with Crippen LogP contribution in [0.4, 0.5) is 0 Å². The molecule has 1 amide bonds. The lowest BCUT2D eigenvalue weighted by atomic mass is 9.68. The molecule has 4 heteroatoms. The van der Waals surface area contributed by atoms with Crippen LogP contribution in [-0.2, 0) is 4.79 Å². The number of thioether (sulfide) groups is 1. The van der Waals surface area contributed by atoms with Crippen LogP contribution in [0.25, 0.3) is 0 Å². The first kappa shape index (κ1) is 16.9. The molecule has 0 aromatic carbocycles. The van der Waals surface area contributed by atoms with Crippen LogP contribution < -0.4 is 0 Å². The number of amides is 1. The second-order valence-corrected chi connectivity index (χ2v) is 9.21. The number of amidine groups is 1. The molecule has 2 aliphatic rings. The van der Waals surface area contributed by atoms with Crippen molar-refractivity contribution in [2.75, 3.05) is 0 Å². The molecule has 2 rings (SSSR count). The monoisotopic (exact) mass is 310 g/mol. The molecule has 0 radical (unpaired) electrons. The van der Waals surface area contributed by atoms with Gasteiger partial charge in [-0.2, -0.15) is 4.99 Å². The minimum Gasteiger partial charge on any atom is -0.344 e. The summed E-state index contributed by atoms with van der Waals surface area (Å²) in [5.41, 5.74) is 0.584. The summed E-state index contributed by atoms with van der Waals surface area (Å²) in [6, 6.07) is 0.944. The number of likely N-dealkylation sites (tertiary alicyclic amines) is 1. The SMILES string of the molecule is CC(C)C(C)SC(=NC=O)N1[C@H]2CC[C@@](C)([C@H]1C)C2(C)C. The van der Waals surface area contributed by atoms with E-state index < -0.39 is 0 Å². The van der Waals surface area contributed by atoms with Gasteiger partial charge in [0, 0.05) is 17.3 Å². The average Bonchev–Trinajstić information content (AvgIpc) is 2.70. The number of piperidine rings is 1. The molecule has 0 N–H and O–H groups in total. The van der Waals surface area contributed by atoms with E-state index in [1.165, 1.54) is 12.8 Å². The van der Waals surface area contributed by atoms with E-state index in [0.29, 0.717) is 35.1 Å². The topological polar surface area (TPSA) is 32.7 Å². The molecular formula is C17H30N2OS. The van der Waals surface area contributed by atoms with Crippen molar-refractivity contribution >= 4 is 23.3 Å². The molecule has 0 spiro atoms. The Bertz CT molecular complexity index is 446. The molecule has 1 saturated heterocycles. The summed E-state index contributed by atoms with van der Waals surface area (Å²) >= 11 is 1.76. The standard InChI is InChI=1S/C17H30N2OS/c1-11(2)12(3)21-15(18-10-20)19-13(4)17(7)9-8-14(19)16(17,5)6/h10-14H,8-9H2,1-7H3/t12?,13-,14+,17+/m1/s1. The van der Waals surface area contributed by atoms with Gasteiger partial charge >= 0.3 is 0 Å². The second kappa shape index (κ2) is 5.60. The second-order valence-electron chi connectivity index (χ2n) is 7.86. The minimum absolute atomic E-state index is 0.275. The molecule has 1 aliphatic carbocycles. The number of nitrogens with zero attached hydrogens (tertiary/aromatic N) is 2. The molecule has 1 aliphatic heterocycles. The highest BCUT2D eigenvalue weighted by Gasteiger charge is 2.64. The first-order chi connectivity index (χ1) is 9.66. The van der Waals surface area contributed by atoms with Gasteiger partial charge in [-0.25, -0.2) is 0 Å². The lowest BCUT2D eigenvalue weighted by Crippen LogP contribution is -2.45. The molecule has 2 fully saturated rings. The van der Waals surface area contributed by atoms with E-state index in [-0.39, 0.29) is 5.41 Å². The fourth-order valence-corrected chi connectivity index (χ4v) is 5.23. The van der Waals surface area contributed by atoms with Crippen molar-refractivity contribution in [2.24, 2.45) is 21.7 Å². The Morgan fingerprint density at radius 1 is 1.33 bits per heavy atom. The molecule has 0 aromatic heterocycles. The molecule has 1 saturated carbocycles. The van der Waals surface area contributed by atoms with Crippen LogP contribution in [0.15, 0.2) is 4.99 Å². The van der Waals surface area contributed by atoms with Crippen LogP contribution >= 0.6 is 11.8 Å². The van der Waals surface area contributed by atoms with Crippen molar-refractivity contribution in [3.05, 3.63) is 0 Å². The third kappa shape index (κ3) is 2.43. The van der Waals surface area contributed by atoms with Crippen LogP contribution in [0.3, 0.4) is 0 Å². The van der Waals surface area contributed by atoms with Crippen molar-refractivity contribution in [1.82, 2.24) is 4.90 Å². The maximum absolute atomic E-state index is 11.0. The number of carbonyl (C=O) groups excluding carboxylic acids is 1. The Kier molecular flexibility index (Phi) is 4.50. The zero-order valence-corrected chi connectivity index (χ0v) is 15.3. The number of rotatable bonds is 3. The predicted molar refractivity (Wildman–Crippen MR) is 91.6 cm³/mol. The summed E-state index contributed by atoms with van der Waals surface area (Å²) in [5, 5.41) is 1.39. The molecule has 3 nitrogen and oxygen atoms in total. The van der Waals surface area contributed by atoms with E-state index in [9.17, 15) is 4.79 Å². The third-order valence-corrected chi connectivity index (χ3v) is 7.97. The van der Waals surface area contributed by atoms with E-state index in [1.807, 2.05) is 0 Å². The van der Waals surface area contributed by atoms with Gasteiger partial charge in [0.2, 0.25) is 6.41 Å². The highest BCUT2D eigenvalue weighted by atomic mass is 32.2. The van der Waals surface area contributed by atoms with Gasteiger partial charge in [-0.3, -0.25) is 4.79 Å². The molecule has 0 aromatic rings. The summed E-state index contributed by atoms with van der Waals surface area (Å²) < 4.78 is 0. The largest absolute Gasteiger partial charge is 0.344 e. The number of hydrogen-bond acceptors (Lipinski definition) is 2. The smallest absolute Gasteiger partial charge is 0.235 e. The van der Waals surface area contributed by atoms with Crippen molar-refractivity contribution < 1.29 is 4.79 Å².